The lowest BCUT2D eigenvalue weighted by atomic mass is 10.1. The molecule has 0 saturated heterocycles. The Morgan fingerprint density at radius 3 is 2.63 bits per heavy atom. The maximum Gasteiger partial charge on any atom is 0.422 e. The minimum absolute atomic E-state index is 0.208. The van der Waals surface area contributed by atoms with Gasteiger partial charge < -0.3 is 15.8 Å². The van der Waals surface area contributed by atoms with Gasteiger partial charge in [0.15, 0.2) is 6.61 Å². The van der Waals surface area contributed by atoms with E-state index in [2.05, 4.69) is 15.3 Å². The molecule has 156 valence electrons. The number of hydrogen-bond donors (Lipinski definition) is 2. The van der Waals surface area contributed by atoms with Crippen LogP contribution in [0.2, 0.25) is 5.02 Å². The smallest absolute Gasteiger partial charge is 0.422 e. The highest BCUT2D eigenvalue weighted by atomic mass is 127. The summed E-state index contributed by atoms with van der Waals surface area (Å²) in [5.41, 5.74) is 7.21. The van der Waals surface area contributed by atoms with Crippen molar-refractivity contribution in [3.05, 3.63) is 63.1 Å². The van der Waals surface area contributed by atoms with Gasteiger partial charge >= 0.3 is 6.18 Å². The molecule has 2 aromatic heterocycles. The summed E-state index contributed by atoms with van der Waals surface area (Å²) in [6.07, 6.45) is -0.351. The second-order valence-corrected chi connectivity index (χ2v) is 7.72. The molecule has 0 unspecified atom stereocenters. The normalized spacial score (nSPS) is 11.2. The number of benzene rings is 1. The summed E-state index contributed by atoms with van der Waals surface area (Å²) in [5.74, 6) is -0.713. The molecule has 0 aliphatic carbocycles. The summed E-state index contributed by atoms with van der Waals surface area (Å²) in [6, 6.07) is 7.63. The summed E-state index contributed by atoms with van der Waals surface area (Å²) in [5, 5.41) is 2.86. The number of pyridine rings is 2. The van der Waals surface area contributed by atoms with Gasteiger partial charge in [-0.25, -0.2) is 4.98 Å². The van der Waals surface area contributed by atoms with E-state index in [9.17, 15) is 18.0 Å². The highest BCUT2D eigenvalue weighted by Gasteiger charge is 2.29. The van der Waals surface area contributed by atoms with Crippen LogP contribution in [0.4, 0.5) is 24.5 Å². The lowest BCUT2D eigenvalue weighted by molar-refractivity contribution is -0.154. The Bertz CT molecular complexity index is 1100. The third kappa shape index (κ3) is 5.72. The van der Waals surface area contributed by atoms with Gasteiger partial charge in [-0.15, -0.1) is 0 Å². The number of ether oxygens (including phenoxy) is 1. The van der Waals surface area contributed by atoms with Crippen LogP contribution in [-0.4, -0.2) is 28.7 Å². The molecule has 1 amide bonds. The molecule has 0 atom stereocenters. The van der Waals surface area contributed by atoms with Gasteiger partial charge in [-0.05, 0) is 52.4 Å². The molecule has 30 heavy (non-hydrogen) atoms. The fraction of sp³-hybridized carbons (Fsp3) is 0.105. The number of hydrogen-bond acceptors (Lipinski definition) is 5. The van der Waals surface area contributed by atoms with Gasteiger partial charge in [0.05, 0.1) is 28.2 Å². The van der Waals surface area contributed by atoms with Gasteiger partial charge in [-0.2, -0.15) is 13.2 Å². The number of carbonyl (C=O) groups excluding carboxylic acids is 1. The number of halogens is 5. The van der Waals surface area contributed by atoms with Crippen molar-refractivity contribution in [2.45, 2.75) is 6.18 Å². The van der Waals surface area contributed by atoms with E-state index >= 15 is 0 Å². The number of aromatic nitrogens is 2. The molecule has 3 N–H and O–H groups in total. The Labute approximate surface area is 187 Å². The van der Waals surface area contributed by atoms with Gasteiger partial charge in [0, 0.05) is 21.5 Å². The van der Waals surface area contributed by atoms with Crippen LogP contribution in [0.1, 0.15) is 10.4 Å². The monoisotopic (exact) mass is 548 g/mol. The van der Waals surface area contributed by atoms with Crippen molar-refractivity contribution in [1.82, 2.24) is 9.97 Å². The van der Waals surface area contributed by atoms with E-state index in [0.29, 0.717) is 16.8 Å². The second kappa shape index (κ2) is 9.04. The SMILES string of the molecule is Nc1ccc(-c2cc(NC(=O)c3cncc(I)c3)cnc2OCC(F)(F)F)cc1Cl. The first-order valence-corrected chi connectivity index (χ1v) is 9.75. The fourth-order valence-electron chi connectivity index (χ4n) is 2.43. The van der Waals surface area contributed by atoms with E-state index in [1.54, 1.807) is 18.3 Å². The molecule has 0 spiro atoms. The lowest BCUT2D eigenvalue weighted by Gasteiger charge is -2.14. The van der Waals surface area contributed by atoms with Crippen LogP contribution in [0.25, 0.3) is 11.1 Å². The van der Waals surface area contributed by atoms with Crippen LogP contribution in [0.15, 0.2) is 48.9 Å². The Hall–Kier alpha value is -2.60. The zero-order valence-corrected chi connectivity index (χ0v) is 17.9. The quantitative estimate of drug-likeness (QED) is 0.339. The predicted octanol–water partition coefficient (Wildman–Crippen LogP) is 5.18. The molecular weight excluding hydrogens is 536 g/mol. The van der Waals surface area contributed by atoms with Crippen molar-refractivity contribution in [2.75, 3.05) is 17.7 Å². The molecule has 0 aliphatic rings. The first-order valence-electron chi connectivity index (χ1n) is 8.29. The average Bonchev–Trinajstić information content (AvgIpc) is 2.68. The molecule has 0 saturated carbocycles. The molecule has 6 nitrogen and oxygen atoms in total. The number of nitrogens with one attached hydrogen (secondary N) is 1. The highest BCUT2D eigenvalue weighted by Crippen LogP contribution is 2.34. The predicted molar refractivity (Wildman–Crippen MR) is 116 cm³/mol. The highest BCUT2D eigenvalue weighted by molar-refractivity contribution is 14.1. The largest absolute Gasteiger partial charge is 0.468 e. The third-order valence-corrected chi connectivity index (χ3v) is 4.68. The Morgan fingerprint density at radius 2 is 1.97 bits per heavy atom. The second-order valence-electron chi connectivity index (χ2n) is 6.06. The van der Waals surface area contributed by atoms with Gasteiger partial charge in [0.25, 0.3) is 5.91 Å². The average molecular weight is 549 g/mol. The summed E-state index contributed by atoms with van der Waals surface area (Å²) in [4.78, 5) is 20.4. The van der Waals surface area contributed by atoms with Crippen LogP contribution in [-0.2, 0) is 0 Å². The third-order valence-electron chi connectivity index (χ3n) is 3.76. The lowest BCUT2D eigenvalue weighted by Crippen LogP contribution is -2.20. The molecule has 2 heterocycles. The minimum atomic E-state index is -4.54. The summed E-state index contributed by atoms with van der Waals surface area (Å²) in [6.45, 7) is -1.52. The molecule has 0 radical (unpaired) electrons. The van der Waals surface area contributed by atoms with Gasteiger partial charge in [0.2, 0.25) is 5.88 Å². The standard InChI is InChI=1S/C19H13ClF3IN4O2/c20-15-4-10(1-2-16(15)25)14-5-13(8-27-18(14)30-9-19(21,22)23)28-17(29)11-3-12(24)7-26-6-11/h1-8H,9,25H2,(H,28,29). The van der Waals surface area contributed by atoms with E-state index < -0.39 is 18.7 Å². The number of carbonyl (C=O) groups is 1. The first kappa shape index (κ1) is 22.1. The summed E-state index contributed by atoms with van der Waals surface area (Å²) in [7, 11) is 0. The topological polar surface area (TPSA) is 90.1 Å². The van der Waals surface area contributed by atoms with Gasteiger partial charge in [-0.3, -0.25) is 9.78 Å². The first-order chi connectivity index (χ1) is 14.1. The molecular formula is C19H13ClF3IN4O2. The number of amides is 1. The zero-order valence-electron chi connectivity index (χ0n) is 15.0. The minimum Gasteiger partial charge on any atom is -0.468 e. The van der Waals surface area contributed by atoms with E-state index in [0.717, 1.165) is 3.57 Å². The molecule has 11 heteroatoms. The van der Waals surface area contributed by atoms with Crippen molar-refractivity contribution in [3.63, 3.8) is 0 Å². The van der Waals surface area contributed by atoms with Crippen LogP contribution in [0.5, 0.6) is 5.88 Å². The number of nitrogens with zero attached hydrogens (tertiary/aromatic N) is 2. The number of rotatable bonds is 5. The van der Waals surface area contributed by atoms with E-state index in [-0.39, 0.29) is 22.2 Å². The maximum absolute atomic E-state index is 12.6. The van der Waals surface area contributed by atoms with Crippen molar-refractivity contribution in [3.8, 4) is 17.0 Å². The van der Waals surface area contributed by atoms with Crippen LogP contribution in [0, 0.1) is 3.57 Å². The zero-order chi connectivity index (χ0) is 21.9. The van der Waals surface area contributed by atoms with E-state index in [1.807, 2.05) is 22.6 Å². The Balaban J connectivity index is 1.95. The summed E-state index contributed by atoms with van der Waals surface area (Å²) >= 11 is 8.06. The Kier molecular flexibility index (Phi) is 6.66. The van der Waals surface area contributed by atoms with Crippen LogP contribution < -0.4 is 15.8 Å². The molecule has 1 aromatic carbocycles. The summed E-state index contributed by atoms with van der Waals surface area (Å²) < 4.78 is 43.5. The fourth-order valence-corrected chi connectivity index (χ4v) is 3.10. The van der Waals surface area contributed by atoms with E-state index in [4.69, 9.17) is 22.1 Å². The van der Waals surface area contributed by atoms with Crippen molar-refractivity contribution in [1.29, 1.82) is 0 Å². The van der Waals surface area contributed by atoms with Gasteiger partial charge in [-0.1, -0.05) is 17.7 Å². The van der Waals surface area contributed by atoms with Crippen molar-refractivity contribution in [2.24, 2.45) is 0 Å². The van der Waals surface area contributed by atoms with Crippen molar-refractivity contribution >= 4 is 51.5 Å². The molecule has 3 rings (SSSR count). The number of nitrogen functional groups attached to an aromatic ring is 1. The Morgan fingerprint density at radius 1 is 1.20 bits per heavy atom. The maximum atomic E-state index is 12.6. The number of nitrogens with two attached hydrogens (primary N) is 1. The molecule has 0 aliphatic heterocycles. The van der Waals surface area contributed by atoms with Crippen LogP contribution in [0.3, 0.4) is 0 Å². The number of alkyl halides is 3. The van der Waals surface area contributed by atoms with Crippen molar-refractivity contribution < 1.29 is 22.7 Å². The molecule has 3 aromatic rings. The van der Waals surface area contributed by atoms with E-state index in [1.165, 1.54) is 30.6 Å². The van der Waals surface area contributed by atoms with Crippen LogP contribution >= 0.6 is 34.2 Å². The number of anilines is 2. The molecule has 0 fully saturated rings. The molecule has 0 bridgehead atoms. The van der Waals surface area contributed by atoms with Gasteiger partial charge in [0.1, 0.15) is 0 Å².